The first-order valence-electron chi connectivity index (χ1n) is 9.13. The first-order valence-corrected chi connectivity index (χ1v) is 9.13. The van der Waals surface area contributed by atoms with Crippen molar-refractivity contribution in [2.45, 2.75) is 19.4 Å². The number of carbonyl (C=O) groups excluding carboxylic acids is 2. The van der Waals surface area contributed by atoms with Gasteiger partial charge in [0.25, 0.3) is 0 Å². The Morgan fingerprint density at radius 1 is 0.964 bits per heavy atom. The highest BCUT2D eigenvalue weighted by Crippen LogP contribution is 2.45. The van der Waals surface area contributed by atoms with Gasteiger partial charge in [0.15, 0.2) is 5.54 Å². The van der Waals surface area contributed by atoms with Gasteiger partial charge in [-0.2, -0.15) is 5.10 Å². The van der Waals surface area contributed by atoms with E-state index in [0.29, 0.717) is 11.4 Å². The summed E-state index contributed by atoms with van der Waals surface area (Å²) < 4.78 is 10.3. The van der Waals surface area contributed by atoms with Crippen molar-refractivity contribution in [3.63, 3.8) is 0 Å². The van der Waals surface area contributed by atoms with Gasteiger partial charge >= 0.3 is 11.9 Å². The summed E-state index contributed by atoms with van der Waals surface area (Å²) in [5, 5.41) is 6.39. The van der Waals surface area contributed by atoms with Gasteiger partial charge in [-0.25, -0.2) is 9.80 Å². The molecule has 0 bridgehead atoms. The minimum absolute atomic E-state index is 0.297. The van der Waals surface area contributed by atoms with E-state index in [4.69, 9.17) is 14.6 Å². The van der Waals surface area contributed by atoms with Gasteiger partial charge in [-0.1, -0.05) is 62.4 Å². The van der Waals surface area contributed by atoms with Crippen LogP contribution in [0.15, 0.2) is 65.8 Å². The summed E-state index contributed by atoms with van der Waals surface area (Å²) in [5.74, 6) is -2.29. The largest absolute Gasteiger partial charge is 0.468 e. The number of hydrazone groups is 1. The van der Waals surface area contributed by atoms with Gasteiger partial charge in [0, 0.05) is 0 Å². The Bertz CT molecular complexity index is 880. The molecule has 0 aliphatic carbocycles. The van der Waals surface area contributed by atoms with Crippen LogP contribution in [-0.2, 0) is 19.1 Å². The molecule has 1 aliphatic heterocycles. The third-order valence-corrected chi connectivity index (χ3v) is 5.17. The van der Waals surface area contributed by atoms with Crippen LogP contribution < -0.4 is 5.01 Å². The Morgan fingerprint density at radius 3 is 2.04 bits per heavy atom. The van der Waals surface area contributed by atoms with Crippen LogP contribution >= 0.6 is 0 Å². The minimum Gasteiger partial charge on any atom is -0.468 e. The molecule has 0 saturated carbocycles. The predicted octanol–water partition coefficient (Wildman–Crippen LogP) is 3.27. The topological polar surface area (TPSA) is 68.2 Å². The van der Waals surface area contributed by atoms with Crippen LogP contribution in [0, 0.1) is 11.8 Å². The van der Waals surface area contributed by atoms with E-state index in [1.165, 1.54) is 14.2 Å². The van der Waals surface area contributed by atoms with E-state index in [2.05, 4.69) is 0 Å². The van der Waals surface area contributed by atoms with Crippen LogP contribution in [0.4, 0.5) is 5.69 Å². The molecule has 2 atom stereocenters. The molecule has 0 radical (unpaired) electrons. The fourth-order valence-corrected chi connectivity index (χ4v) is 3.84. The van der Waals surface area contributed by atoms with E-state index in [9.17, 15) is 9.59 Å². The maximum Gasteiger partial charge on any atom is 0.335 e. The number of carbonyl (C=O) groups is 2. The molecule has 0 saturated heterocycles. The summed E-state index contributed by atoms with van der Waals surface area (Å²) in [6.45, 7) is 3.76. The molecule has 0 unspecified atom stereocenters. The Morgan fingerprint density at radius 2 is 1.54 bits per heavy atom. The molecular formula is C22H24N2O4. The van der Waals surface area contributed by atoms with Gasteiger partial charge in [0.05, 0.1) is 25.6 Å². The lowest BCUT2D eigenvalue weighted by atomic mass is 9.72. The van der Waals surface area contributed by atoms with Crippen molar-refractivity contribution in [3.8, 4) is 0 Å². The maximum absolute atomic E-state index is 13.2. The van der Waals surface area contributed by atoms with Crippen LogP contribution in [0.25, 0.3) is 0 Å². The molecule has 0 spiro atoms. The average Bonchev–Trinajstić information content (AvgIpc) is 3.11. The number of hydrogen-bond donors (Lipinski definition) is 0. The number of hydrogen-bond acceptors (Lipinski definition) is 6. The third kappa shape index (κ3) is 2.95. The molecule has 0 N–H and O–H groups in total. The van der Waals surface area contributed by atoms with E-state index in [-0.39, 0.29) is 5.92 Å². The van der Waals surface area contributed by atoms with E-state index >= 15 is 0 Å². The monoisotopic (exact) mass is 380 g/mol. The van der Waals surface area contributed by atoms with Crippen LogP contribution in [0.5, 0.6) is 0 Å². The number of anilines is 1. The summed E-state index contributed by atoms with van der Waals surface area (Å²) >= 11 is 0. The molecule has 6 nitrogen and oxygen atoms in total. The molecule has 1 aliphatic rings. The summed E-state index contributed by atoms with van der Waals surface area (Å²) in [5.41, 5.74) is 0.566. The molecule has 146 valence electrons. The quantitative estimate of drug-likeness (QED) is 0.745. The van der Waals surface area contributed by atoms with E-state index < -0.39 is 23.4 Å². The van der Waals surface area contributed by atoms with Crippen LogP contribution in [0.3, 0.4) is 0 Å². The van der Waals surface area contributed by atoms with Crippen LogP contribution in [0.2, 0.25) is 0 Å². The van der Waals surface area contributed by atoms with Crippen molar-refractivity contribution in [1.82, 2.24) is 0 Å². The molecule has 0 aromatic heterocycles. The minimum atomic E-state index is -1.37. The maximum atomic E-state index is 13.2. The summed E-state index contributed by atoms with van der Waals surface area (Å²) in [6, 6.07) is 18.7. The smallest absolute Gasteiger partial charge is 0.335 e. The summed E-state index contributed by atoms with van der Waals surface area (Å²) in [7, 11) is 2.64. The molecule has 0 amide bonds. The Labute approximate surface area is 164 Å². The van der Waals surface area contributed by atoms with Gasteiger partial charge in [0.1, 0.15) is 5.92 Å². The zero-order chi connectivity index (χ0) is 20.3. The zero-order valence-electron chi connectivity index (χ0n) is 16.5. The lowest BCUT2D eigenvalue weighted by Gasteiger charge is -2.41. The van der Waals surface area contributed by atoms with E-state index in [0.717, 1.165) is 5.56 Å². The Kier molecular flexibility index (Phi) is 5.49. The number of para-hydroxylation sites is 1. The highest BCUT2D eigenvalue weighted by molar-refractivity contribution is 6.19. The third-order valence-electron chi connectivity index (χ3n) is 5.17. The standard InChI is InChI=1S/C22H24N2O4/c1-15(2)22(21(26)28-4)18(20(25)27-3)19(16-11-7-5-8-12-16)23-24(22)17-13-9-6-10-14-17/h5-15,18H,1-4H3/t18-,22+/m1/s1. The van der Waals surface area contributed by atoms with Crippen LogP contribution in [-0.4, -0.2) is 37.4 Å². The lowest BCUT2D eigenvalue weighted by molar-refractivity contribution is -0.158. The highest BCUT2D eigenvalue weighted by Gasteiger charge is 2.63. The average molecular weight is 380 g/mol. The predicted molar refractivity (Wildman–Crippen MR) is 107 cm³/mol. The fraction of sp³-hybridized carbons (Fsp3) is 0.318. The lowest BCUT2D eigenvalue weighted by Crippen LogP contribution is -2.62. The van der Waals surface area contributed by atoms with Crippen molar-refractivity contribution in [2.24, 2.45) is 16.9 Å². The number of methoxy groups -OCH3 is 2. The zero-order valence-corrected chi connectivity index (χ0v) is 16.5. The second-order valence-corrected chi connectivity index (χ2v) is 6.93. The number of benzene rings is 2. The van der Waals surface area contributed by atoms with Crippen molar-refractivity contribution < 1.29 is 19.1 Å². The van der Waals surface area contributed by atoms with Crippen molar-refractivity contribution in [1.29, 1.82) is 0 Å². The molecule has 28 heavy (non-hydrogen) atoms. The van der Waals surface area contributed by atoms with Crippen molar-refractivity contribution >= 4 is 23.3 Å². The van der Waals surface area contributed by atoms with Gasteiger partial charge in [-0.3, -0.25) is 4.79 Å². The normalized spacial score (nSPS) is 21.4. The summed E-state index contributed by atoms with van der Waals surface area (Å²) in [4.78, 5) is 26.2. The van der Waals surface area contributed by atoms with Crippen molar-refractivity contribution in [3.05, 3.63) is 66.2 Å². The number of ether oxygens (including phenoxy) is 2. The first-order chi connectivity index (χ1) is 13.5. The molecular weight excluding hydrogens is 356 g/mol. The number of nitrogens with zero attached hydrogens (tertiary/aromatic N) is 2. The van der Waals surface area contributed by atoms with Crippen LogP contribution in [0.1, 0.15) is 19.4 Å². The van der Waals surface area contributed by atoms with E-state index in [1.807, 2.05) is 74.5 Å². The number of esters is 2. The second-order valence-electron chi connectivity index (χ2n) is 6.93. The van der Waals surface area contributed by atoms with E-state index in [1.54, 1.807) is 5.01 Å². The molecule has 2 aromatic carbocycles. The molecule has 0 fully saturated rings. The highest BCUT2D eigenvalue weighted by atomic mass is 16.5. The van der Waals surface area contributed by atoms with Gasteiger partial charge < -0.3 is 9.47 Å². The number of rotatable bonds is 5. The van der Waals surface area contributed by atoms with Crippen molar-refractivity contribution in [2.75, 3.05) is 19.2 Å². The molecule has 1 heterocycles. The first kappa shape index (κ1) is 19.6. The Hall–Kier alpha value is -3.15. The Balaban J connectivity index is 2.32. The van der Waals surface area contributed by atoms with Gasteiger partial charge in [-0.15, -0.1) is 0 Å². The summed E-state index contributed by atoms with van der Waals surface area (Å²) in [6.07, 6.45) is 0. The SMILES string of the molecule is COC(=O)[C@H]1C(c2ccccc2)=NN(c2ccccc2)[C@@]1(C(=O)OC)C(C)C. The molecule has 3 rings (SSSR count). The van der Waals surface area contributed by atoms with Gasteiger partial charge in [0.2, 0.25) is 0 Å². The van der Waals surface area contributed by atoms with Gasteiger partial charge in [-0.05, 0) is 23.6 Å². The molecule has 2 aromatic rings. The molecule has 6 heteroatoms. The fourth-order valence-electron chi connectivity index (χ4n) is 3.84. The second kappa shape index (κ2) is 7.84.